The second-order valence-corrected chi connectivity index (χ2v) is 4.85. The average molecular weight is 239 g/mol. The fourth-order valence-corrected chi connectivity index (χ4v) is 1.70. The predicted octanol–water partition coefficient (Wildman–Crippen LogP) is 2.71. The van der Waals surface area contributed by atoms with Crippen LogP contribution in [0.5, 0.6) is 5.75 Å². The minimum absolute atomic E-state index is 0.251. The number of thioether (sulfide) groups is 1. The number of hydrogen-bond acceptors (Lipinski definition) is 3. The van der Waals surface area contributed by atoms with Crippen molar-refractivity contribution in [3.8, 4) is 5.75 Å². The van der Waals surface area contributed by atoms with Gasteiger partial charge in [0.1, 0.15) is 5.75 Å². The first-order valence-corrected chi connectivity index (χ1v) is 7.12. The summed E-state index contributed by atoms with van der Waals surface area (Å²) in [6.07, 6.45) is 4.02. The molecule has 0 fully saturated rings. The molecule has 2 nitrogen and oxygen atoms in total. The lowest BCUT2D eigenvalue weighted by Gasteiger charge is -2.10. The van der Waals surface area contributed by atoms with E-state index in [1.807, 2.05) is 12.1 Å². The van der Waals surface area contributed by atoms with Crippen LogP contribution in [-0.4, -0.2) is 24.7 Å². The third kappa shape index (κ3) is 4.90. The van der Waals surface area contributed by atoms with Crippen LogP contribution in [0.25, 0.3) is 0 Å². The second kappa shape index (κ2) is 7.58. The van der Waals surface area contributed by atoms with Crippen LogP contribution in [0.4, 0.5) is 0 Å². The van der Waals surface area contributed by atoms with E-state index in [9.17, 15) is 0 Å². The van der Waals surface area contributed by atoms with E-state index in [2.05, 4.69) is 25.3 Å². The van der Waals surface area contributed by atoms with Gasteiger partial charge in [-0.25, -0.2) is 0 Å². The highest BCUT2D eigenvalue weighted by atomic mass is 32.2. The third-order valence-corrected chi connectivity index (χ3v) is 3.05. The van der Waals surface area contributed by atoms with Gasteiger partial charge in [-0.3, -0.25) is 0 Å². The van der Waals surface area contributed by atoms with Crippen molar-refractivity contribution in [2.45, 2.75) is 25.8 Å². The lowest BCUT2D eigenvalue weighted by atomic mass is 10.0. The van der Waals surface area contributed by atoms with E-state index in [0.717, 1.165) is 31.0 Å². The van der Waals surface area contributed by atoms with E-state index in [-0.39, 0.29) is 6.04 Å². The molecule has 1 aromatic rings. The van der Waals surface area contributed by atoms with Crippen molar-refractivity contribution in [2.75, 3.05) is 18.6 Å². The van der Waals surface area contributed by atoms with E-state index in [4.69, 9.17) is 10.5 Å². The minimum Gasteiger partial charge on any atom is -0.493 e. The Hall–Kier alpha value is -0.670. The standard InChI is InChI=1S/C13H21NOS/c1-3-12(14)9-11-5-4-6-13(10-11)15-7-8-16-2/h4-6,10,12H,3,7-9,14H2,1-2H3. The maximum absolute atomic E-state index is 5.93. The van der Waals surface area contributed by atoms with Gasteiger partial charge in [-0.1, -0.05) is 19.1 Å². The molecule has 1 atom stereocenters. The van der Waals surface area contributed by atoms with Gasteiger partial charge >= 0.3 is 0 Å². The molecular weight excluding hydrogens is 218 g/mol. The van der Waals surface area contributed by atoms with Crippen LogP contribution in [0, 0.1) is 0 Å². The van der Waals surface area contributed by atoms with E-state index in [1.54, 1.807) is 11.8 Å². The first kappa shape index (κ1) is 13.4. The Kier molecular flexibility index (Phi) is 6.34. The van der Waals surface area contributed by atoms with Crippen LogP contribution >= 0.6 is 11.8 Å². The highest BCUT2D eigenvalue weighted by Crippen LogP contribution is 2.15. The van der Waals surface area contributed by atoms with E-state index >= 15 is 0 Å². The molecule has 90 valence electrons. The molecule has 0 spiro atoms. The predicted molar refractivity (Wildman–Crippen MR) is 72.3 cm³/mol. The maximum atomic E-state index is 5.93. The van der Waals surface area contributed by atoms with Gasteiger partial charge in [0.25, 0.3) is 0 Å². The molecule has 1 aromatic carbocycles. The summed E-state index contributed by atoms with van der Waals surface area (Å²) in [7, 11) is 0. The molecule has 3 heteroatoms. The summed E-state index contributed by atoms with van der Waals surface area (Å²) in [5.74, 6) is 1.98. The van der Waals surface area contributed by atoms with E-state index in [0.29, 0.717) is 0 Å². The smallest absolute Gasteiger partial charge is 0.119 e. The molecule has 0 saturated heterocycles. The first-order valence-electron chi connectivity index (χ1n) is 5.72. The van der Waals surface area contributed by atoms with Crippen LogP contribution in [-0.2, 0) is 6.42 Å². The maximum Gasteiger partial charge on any atom is 0.119 e. The number of hydrogen-bond donors (Lipinski definition) is 1. The van der Waals surface area contributed by atoms with Crippen molar-refractivity contribution in [3.05, 3.63) is 29.8 Å². The van der Waals surface area contributed by atoms with Gasteiger partial charge in [-0.15, -0.1) is 0 Å². The van der Waals surface area contributed by atoms with E-state index < -0.39 is 0 Å². The summed E-state index contributed by atoms with van der Waals surface area (Å²) in [6.45, 7) is 2.88. The molecule has 16 heavy (non-hydrogen) atoms. The zero-order valence-electron chi connectivity index (χ0n) is 10.1. The van der Waals surface area contributed by atoms with Crippen LogP contribution in [0.15, 0.2) is 24.3 Å². The fraction of sp³-hybridized carbons (Fsp3) is 0.538. The molecule has 2 N–H and O–H groups in total. The Balaban J connectivity index is 2.50. The Labute approximate surface area is 103 Å². The van der Waals surface area contributed by atoms with E-state index in [1.165, 1.54) is 5.56 Å². The number of ether oxygens (including phenoxy) is 1. The van der Waals surface area contributed by atoms with Crippen LogP contribution in [0.3, 0.4) is 0 Å². The molecule has 0 amide bonds. The molecule has 0 saturated carbocycles. The summed E-state index contributed by atoms with van der Waals surface area (Å²) in [5, 5.41) is 0. The normalized spacial score (nSPS) is 12.4. The molecule has 0 aliphatic heterocycles. The summed E-state index contributed by atoms with van der Waals surface area (Å²) in [4.78, 5) is 0. The lowest BCUT2D eigenvalue weighted by molar-refractivity contribution is 0.343. The Morgan fingerprint density at radius 2 is 2.25 bits per heavy atom. The zero-order valence-corrected chi connectivity index (χ0v) is 10.9. The topological polar surface area (TPSA) is 35.2 Å². The van der Waals surface area contributed by atoms with Crippen LogP contribution in [0.2, 0.25) is 0 Å². The first-order chi connectivity index (χ1) is 7.76. The SMILES string of the molecule is CCC(N)Cc1cccc(OCCSC)c1. The zero-order chi connectivity index (χ0) is 11.8. The Morgan fingerprint density at radius 1 is 1.44 bits per heavy atom. The highest BCUT2D eigenvalue weighted by molar-refractivity contribution is 7.98. The molecule has 0 radical (unpaired) electrons. The van der Waals surface area contributed by atoms with Gasteiger partial charge in [-0.05, 0) is 36.8 Å². The molecule has 0 heterocycles. The van der Waals surface area contributed by atoms with Gasteiger partial charge in [-0.2, -0.15) is 11.8 Å². The van der Waals surface area contributed by atoms with Crippen LogP contribution < -0.4 is 10.5 Å². The largest absolute Gasteiger partial charge is 0.493 e. The molecule has 0 aromatic heterocycles. The molecule has 0 aliphatic rings. The number of nitrogens with two attached hydrogens (primary N) is 1. The van der Waals surface area contributed by atoms with Crippen molar-refractivity contribution in [1.29, 1.82) is 0 Å². The van der Waals surface area contributed by atoms with Gasteiger partial charge < -0.3 is 10.5 Å². The Bertz CT molecular complexity index is 304. The lowest BCUT2D eigenvalue weighted by Crippen LogP contribution is -2.21. The summed E-state index contributed by atoms with van der Waals surface area (Å²) >= 11 is 1.79. The van der Waals surface area contributed by atoms with Crippen LogP contribution in [0.1, 0.15) is 18.9 Å². The van der Waals surface area contributed by atoms with Gasteiger partial charge in [0.05, 0.1) is 6.61 Å². The fourth-order valence-electron chi connectivity index (χ4n) is 1.45. The average Bonchev–Trinajstić information content (AvgIpc) is 2.30. The summed E-state index contributed by atoms with van der Waals surface area (Å²) in [5.41, 5.74) is 7.19. The van der Waals surface area contributed by atoms with Gasteiger partial charge in [0.15, 0.2) is 0 Å². The molecule has 0 aliphatic carbocycles. The number of rotatable bonds is 7. The van der Waals surface area contributed by atoms with Crippen molar-refractivity contribution in [2.24, 2.45) is 5.73 Å². The highest BCUT2D eigenvalue weighted by Gasteiger charge is 2.02. The van der Waals surface area contributed by atoms with Crippen molar-refractivity contribution < 1.29 is 4.74 Å². The summed E-state index contributed by atoms with van der Waals surface area (Å²) < 4.78 is 5.64. The van der Waals surface area contributed by atoms with Crippen molar-refractivity contribution >= 4 is 11.8 Å². The molecule has 0 bridgehead atoms. The Morgan fingerprint density at radius 3 is 2.94 bits per heavy atom. The minimum atomic E-state index is 0.251. The quantitative estimate of drug-likeness (QED) is 0.743. The monoisotopic (exact) mass is 239 g/mol. The molecule has 1 rings (SSSR count). The van der Waals surface area contributed by atoms with Crippen molar-refractivity contribution in [1.82, 2.24) is 0 Å². The second-order valence-electron chi connectivity index (χ2n) is 3.86. The van der Waals surface area contributed by atoms with Gasteiger partial charge in [0, 0.05) is 11.8 Å². The summed E-state index contributed by atoms with van der Waals surface area (Å²) in [6, 6.07) is 8.49. The molecular formula is C13H21NOS. The molecule has 1 unspecified atom stereocenters. The van der Waals surface area contributed by atoms with Crippen molar-refractivity contribution in [3.63, 3.8) is 0 Å². The third-order valence-electron chi connectivity index (χ3n) is 2.48. The van der Waals surface area contributed by atoms with Gasteiger partial charge in [0.2, 0.25) is 0 Å². The number of benzene rings is 1.